The van der Waals surface area contributed by atoms with Crippen molar-refractivity contribution in [2.45, 2.75) is 19.8 Å². The fourth-order valence-corrected chi connectivity index (χ4v) is 2.91. The van der Waals surface area contributed by atoms with Crippen molar-refractivity contribution < 1.29 is 5.11 Å². The Kier molecular flexibility index (Phi) is 2.57. The monoisotopic (exact) mass is 206 g/mol. The van der Waals surface area contributed by atoms with Crippen molar-refractivity contribution in [1.29, 1.82) is 0 Å². The summed E-state index contributed by atoms with van der Waals surface area (Å²) in [6.07, 6.45) is 0. The van der Waals surface area contributed by atoms with Gasteiger partial charge in [-0.2, -0.15) is 0 Å². The summed E-state index contributed by atoms with van der Waals surface area (Å²) in [6, 6.07) is 6.35. The molecule has 0 bridgehead atoms. The Bertz CT molecular complexity index is 445. The highest BCUT2D eigenvalue weighted by molar-refractivity contribution is 7.17. The third kappa shape index (κ3) is 1.45. The van der Waals surface area contributed by atoms with Crippen LogP contribution in [0.2, 0.25) is 0 Å². The molecule has 0 radical (unpaired) electrons. The summed E-state index contributed by atoms with van der Waals surface area (Å²) in [6.45, 7) is 4.41. The number of hydrogen-bond donors (Lipinski definition) is 1. The maximum Gasteiger partial charge on any atom is 0.0497 e. The largest absolute Gasteiger partial charge is 0.396 e. The number of fused-ring (bicyclic) bond motifs is 1. The van der Waals surface area contributed by atoms with Gasteiger partial charge in [-0.3, -0.25) is 0 Å². The summed E-state index contributed by atoms with van der Waals surface area (Å²) in [5.41, 5.74) is 2.59. The molecular formula is C12H14OS. The van der Waals surface area contributed by atoms with Crippen molar-refractivity contribution in [1.82, 2.24) is 0 Å². The van der Waals surface area contributed by atoms with Gasteiger partial charge in [-0.05, 0) is 34.9 Å². The molecule has 0 amide bonds. The van der Waals surface area contributed by atoms with E-state index in [-0.39, 0.29) is 12.5 Å². The lowest BCUT2D eigenvalue weighted by molar-refractivity contribution is 0.274. The molecule has 1 N–H and O–H groups in total. The zero-order chi connectivity index (χ0) is 10.1. The van der Waals surface area contributed by atoms with Crippen LogP contribution in [0.4, 0.5) is 0 Å². The van der Waals surface area contributed by atoms with E-state index in [9.17, 15) is 0 Å². The molecular weight excluding hydrogens is 192 g/mol. The Morgan fingerprint density at radius 1 is 1.43 bits per heavy atom. The molecule has 2 aromatic rings. The average molecular weight is 206 g/mol. The van der Waals surface area contributed by atoms with Crippen LogP contribution in [0.3, 0.4) is 0 Å². The summed E-state index contributed by atoms with van der Waals surface area (Å²) in [5.74, 6) is 0.241. The maximum absolute atomic E-state index is 9.16. The van der Waals surface area contributed by atoms with E-state index in [1.54, 1.807) is 11.3 Å². The number of aryl methyl sites for hydroxylation is 1. The number of aliphatic hydroxyl groups excluding tert-OH is 1. The molecule has 0 fully saturated rings. The Balaban J connectivity index is 2.67. The van der Waals surface area contributed by atoms with Crippen molar-refractivity contribution in [3.8, 4) is 0 Å². The first-order chi connectivity index (χ1) is 6.74. The van der Waals surface area contributed by atoms with Crippen molar-refractivity contribution >= 4 is 21.4 Å². The zero-order valence-electron chi connectivity index (χ0n) is 8.45. The minimum absolute atomic E-state index is 0.222. The first kappa shape index (κ1) is 9.69. The number of benzene rings is 1. The third-order valence-electron chi connectivity index (χ3n) is 2.64. The van der Waals surface area contributed by atoms with E-state index in [1.807, 2.05) is 0 Å². The minimum Gasteiger partial charge on any atom is -0.396 e. The molecule has 0 saturated carbocycles. The summed E-state index contributed by atoms with van der Waals surface area (Å²) < 4.78 is 1.32. The van der Waals surface area contributed by atoms with Crippen LogP contribution in [0.5, 0.6) is 0 Å². The van der Waals surface area contributed by atoms with Crippen LogP contribution in [-0.2, 0) is 0 Å². The molecule has 2 heteroatoms. The lowest BCUT2D eigenvalue weighted by atomic mass is 9.99. The molecule has 1 aromatic heterocycles. The van der Waals surface area contributed by atoms with Gasteiger partial charge in [-0.1, -0.05) is 19.1 Å². The second-order valence-electron chi connectivity index (χ2n) is 3.72. The van der Waals surface area contributed by atoms with Crippen molar-refractivity contribution in [3.63, 3.8) is 0 Å². The molecule has 1 aromatic carbocycles. The van der Waals surface area contributed by atoms with Gasteiger partial charge in [0.25, 0.3) is 0 Å². The molecule has 0 aliphatic heterocycles. The highest BCUT2D eigenvalue weighted by Gasteiger charge is 2.11. The van der Waals surface area contributed by atoms with E-state index in [0.29, 0.717) is 0 Å². The second kappa shape index (κ2) is 3.71. The summed E-state index contributed by atoms with van der Waals surface area (Å²) >= 11 is 1.76. The van der Waals surface area contributed by atoms with Gasteiger partial charge in [-0.15, -0.1) is 11.3 Å². The van der Waals surface area contributed by atoms with Gasteiger partial charge < -0.3 is 5.11 Å². The van der Waals surface area contributed by atoms with Crippen LogP contribution in [0.25, 0.3) is 10.1 Å². The normalized spacial score (nSPS) is 13.4. The predicted molar refractivity (Wildman–Crippen MR) is 62.1 cm³/mol. The van der Waals surface area contributed by atoms with Gasteiger partial charge in [0.2, 0.25) is 0 Å². The molecule has 0 saturated heterocycles. The van der Waals surface area contributed by atoms with E-state index in [0.717, 1.165) is 0 Å². The van der Waals surface area contributed by atoms with E-state index >= 15 is 0 Å². The van der Waals surface area contributed by atoms with E-state index in [2.05, 4.69) is 37.4 Å². The quantitative estimate of drug-likeness (QED) is 0.799. The Labute approximate surface area is 88.0 Å². The standard InChI is InChI=1S/C12H14OS/c1-8-4-3-5-11-12(8)10(7-14-11)9(2)6-13/h3-5,7,9,13H,6H2,1-2H3. The van der Waals surface area contributed by atoms with Crippen LogP contribution in [0, 0.1) is 6.92 Å². The van der Waals surface area contributed by atoms with Crippen LogP contribution in [0.1, 0.15) is 24.0 Å². The van der Waals surface area contributed by atoms with E-state index in [1.165, 1.54) is 21.2 Å². The first-order valence-corrected chi connectivity index (χ1v) is 5.69. The Morgan fingerprint density at radius 3 is 2.93 bits per heavy atom. The van der Waals surface area contributed by atoms with Crippen LogP contribution in [-0.4, -0.2) is 11.7 Å². The SMILES string of the molecule is Cc1cccc2scc(C(C)CO)c12. The molecule has 1 heterocycles. The van der Waals surface area contributed by atoms with Crippen LogP contribution >= 0.6 is 11.3 Å². The van der Waals surface area contributed by atoms with Crippen LogP contribution < -0.4 is 0 Å². The topological polar surface area (TPSA) is 20.2 Å². The number of aliphatic hydroxyl groups is 1. The fourth-order valence-electron chi connectivity index (χ4n) is 1.76. The fraction of sp³-hybridized carbons (Fsp3) is 0.333. The third-order valence-corrected chi connectivity index (χ3v) is 3.61. The highest BCUT2D eigenvalue weighted by atomic mass is 32.1. The molecule has 14 heavy (non-hydrogen) atoms. The van der Waals surface area contributed by atoms with Gasteiger partial charge in [-0.25, -0.2) is 0 Å². The van der Waals surface area contributed by atoms with Gasteiger partial charge in [0.1, 0.15) is 0 Å². The predicted octanol–water partition coefficient (Wildman–Crippen LogP) is 3.31. The molecule has 1 unspecified atom stereocenters. The van der Waals surface area contributed by atoms with Gasteiger partial charge in [0.15, 0.2) is 0 Å². The molecule has 74 valence electrons. The molecule has 0 aliphatic rings. The lowest BCUT2D eigenvalue weighted by Crippen LogP contribution is -1.97. The van der Waals surface area contributed by atoms with Crippen LogP contribution in [0.15, 0.2) is 23.6 Å². The number of thiophene rings is 1. The van der Waals surface area contributed by atoms with E-state index < -0.39 is 0 Å². The maximum atomic E-state index is 9.16. The number of hydrogen-bond acceptors (Lipinski definition) is 2. The first-order valence-electron chi connectivity index (χ1n) is 4.81. The van der Waals surface area contributed by atoms with Crippen molar-refractivity contribution in [3.05, 3.63) is 34.7 Å². The molecule has 2 rings (SSSR count). The number of rotatable bonds is 2. The van der Waals surface area contributed by atoms with Crippen molar-refractivity contribution in [2.24, 2.45) is 0 Å². The average Bonchev–Trinajstić information content (AvgIpc) is 2.62. The lowest BCUT2D eigenvalue weighted by Gasteiger charge is -2.07. The van der Waals surface area contributed by atoms with E-state index in [4.69, 9.17) is 5.11 Å². The van der Waals surface area contributed by atoms with Crippen molar-refractivity contribution in [2.75, 3.05) is 6.61 Å². The Hall–Kier alpha value is -0.860. The summed E-state index contributed by atoms with van der Waals surface area (Å²) in [4.78, 5) is 0. The van der Waals surface area contributed by atoms with Gasteiger partial charge in [0, 0.05) is 17.2 Å². The second-order valence-corrected chi connectivity index (χ2v) is 4.63. The smallest absolute Gasteiger partial charge is 0.0497 e. The zero-order valence-corrected chi connectivity index (χ0v) is 9.27. The molecule has 0 spiro atoms. The summed E-state index contributed by atoms with van der Waals surface area (Å²) in [7, 11) is 0. The summed E-state index contributed by atoms with van der Waals surface area (Å²) in [5, 5.41) is 12.7. The molecule has 0 aliphatic carbocycles. The highest BCUT2D eigenvalue weighted by Crippen LogP contribution is 2.33. The minimum atomic E-state index is 0.222. The van der Waals surface area contributed by atoms with Gasteiger partial charge in [0.05, 0.1) is 0 Å². The Morgan fingerprint density at radius 2 is 2.21 bits per heavy atom. The van der Waals surface area contributed by atoms with Gasteiger partial charge >= 0.3 is 0 Å². The molecule has 1 nitrogen and oxygen atoms in total. The molecule has 1 atom stereocenters.